The van der Waals surface area contributed by atoms with Gasteiger partial charge in [-0.25, -0.2) is 9.78 Å². The third kappa shape index (κ3) is 2.76. The van der Waals surface area contributed by atoms with Gasteiger partial charge in [-0.3, -0.25) is 18.7 Å². The Hall–Kier alpha value is -2.89. The van der Waals surface area contributed by atoms with E-state index in [0.717, 1.165) is 23.8 Å². The SMILES string of the molecule is CC(C(=O)N(C)C1(C#N)CCCCC1)n1cnc2c1c(=O)n(C)c(=O)n2C. The molecule has 0 aliphatic heterocycles. The van der Waals surface area contributed by atoms with Crippen LogP contribution < -0.4 is 11.2 Å². The first-order valence-corrected chi connectivity index (χ1v) is 9.06. The molecule has 0 spiro atoms. The maximum absolute atomic E-state index is 13.1. The second-order valence-electron chi connectivity index (χ2n) is 7.31. The molecule has 2 aromatic rings. The molecule has 2 heterocycles. The molecule has 0 saturated heterocycles. The van der Waals surface area contributed by atoms with Gasteiger partial charge in [-0.15, -0.1) is 0 Å². The van der Waals surface area contributed by atoms with Gasteiger partial charge in [0.05, 0.1) is 12.4 Å². The van der Waals surface area contributed by atoms with Gasteiger partial charge in [0.25, 0.3) is 5.56 Å². The van der Waals surface area contributed by atoms with Crippen LogP contribution in [0, 0.1) is 11.3 Å². The number of likely N-dealkylation sites (N-methyl/N-ethyl adjacent to an activating group) is 1. The lowest BCUT2D eigenvalue weighted by molar-refractivity contribution is -0.137. The molecule has 9 heteroatoms. The van der Waals surface area contributed by atoms with Crippen LogP contribution in [-0.2, 0) is 18.9 Å². The summed E-state index contributed by atoms with van der Waals surface area (Å²) in [6.45, 7) is 1.68. The minimum atomic E-state index is -0.808. The Bertz CT molecular complexity index is 1050. The molecule has 1 amide bonds. The third-order valence-electron chi connectivity index (χ3n) is 5.81. The average molecular weight is 372 g/mol. The van der Waals surface area contributed by atoms with Crippen molar-refractivity contribution in [2.75, 3.05) is 7.05 Å². The lowest BCUT2D eigenvalue weighted by atomic mass is 9.81. The zero-order chi connectivity index (χ0) is 19.9. The van der Waals surface area contributed by atoms with E-state index in [9.17, 15) is 19.6 Å². The number of nitrogens with zero attached hydrogens (tertiary/aromatic N) is 6. The Balaban J connectivity index is 2.05. The second kappa shape index (κ2) is 6.68. The van der Waals surface area contributed by atoms with Gasteiger partial charge >= 0.3 is 5.69 Å². The van der Waals surface area contributed by atoms with Crippen molar-refractivity contribution in [3.8, 4) is 6.07 Å². The van der Waals surface area contributed by atoms with Gasteiger partial charge in [0.1, 0.15) is 11.6 Å². The summed E-state index contributed by atoms with van der Waals surface area (Å²) in [5.41, 5.74) is -1.35. The van der Waals surface area contributed by atoms with Gasteiger partial charge in [-0.05, 0) is 19.8 Å². The Morgan fingerprint density at radius 1 is 1.26 bits per heavy atom. The molecule has 1 aliphatic carbocycles. The monoisotopic (exact) mass is 372 g/mol. The third-order valence-corrected chi connectivity index (χ3v) is 5.81. The zero-order valence-corrected chi connectivity index (χ0v) is 16.1. The van der Waals surface area contributed by atoms with Crippen molar-refractivity contribution >= 4 is 17.1 Å². The van der Waals surface area contributed by atoms with Crippen LogP contribution in [0.2, 0.25) is 0 Å². The molecule has 1 aliphatic rings. The second-order valence-corrected chi connectivity index (χ2v) is 7.31. The number of aryl methyl sites for hydroxylation is 1. The highest BCUT2D eigenvalue weighted by atomic mass is 16.2. The lowest BCUT2D eigenvalue weighted by Gasteiger charge is -2.40. The number of aromatic nitrogens is 4. The van der Waals surface area contributed by atoms with Gasteiger partial charge in [-0.2, -0.15) is 5.26 Å². The number of imidazole rings is 1. The number of rotatable bonds is 3. The molecule has 0 N–H and O–H groups in total. The predicted octanol–water partition coefficient (Wildman–Crippen LogP) is 0.680. The number of carbonyl (C=O) groups is 1. The summed E-state index contributed by atoms with van der Waals surface area (Å²) in [5.74, 6) is -0.256. The van der Waals surface area contributed by atoms with E-state index < -0.39 is 22.8 Å². The molecule has 1 fully saturated rings. The van der Waals surface area contributed by atoms with Gasteiger partial charge in [0, 0.05) is 21.1 Å². The van der Waals surface area contributed by atoms with E-state index in [-0.39, 0.29) is 17.1 Å². The number of hydrogen-bond donors (Lipinski definition) is 0. The number of hydrogen-bond acceptors (Lipinski definition) is 5. The summed E-state index contributed by atoms with van der Waals surface area (Å²) in [4.78, 5) is 43.5. The molecule has 3 rings (SSSR count). The average Bonchev–Trinajstić information content (AvgIpc) is 3.14. The normalized spacial score (nSPS) is 17.4. The molecule has 1 saturated carbocycles. The van der Waals surface area contributed by atoms with E-state index in [1.807, 2.05) is 0 Å². The first-order chi connectivity index (χ1) is 12.7. The van der Waals surface area contributed by atoms with Crippen LogP contribution in [-0.4, -0.2) is 42.1 Å². The Morgan fingerprint density at radius 2 is 1.89 bits per heavy atom. The molecule has 27 heavy (non-hydrogen) atoms. The topological polar surface area (TPSA) is 106 Å². The Labute approximate surface area is 156 Å². The summed E-state index contributed by atoms with van der Waals surface area (Å²) >= 11 is 0. The highest BCUT2D eigenvalue weighted by molar-refractivity contribution is 5.83. The molecule has 9 nitrogen and oxygen atoms in total. The summed E-state index contributed by atoms with van der Waals surface area (Å²) < 4.78 is 3.77. The molecule has 0 bridgehead atoms. The minimum Gasteiger partial charge on any atom is -0.325 e. The van der Waals surface area contributed by atoms with E-state index in [0.29, 0.717) is 12.8 Å². The molecule has 0 radical (unpaired) electrons. The maximum Gasteiger partial charge on any atom is 0.332 e. The number of carbonyl (C=O) groups excluding carboxylic acids is 1. The van der Waals surface area contributed by atoms with Crippen LogP contribution in [0.1, 0.15) is 45.1 Å². The first kappa shape index (κ1) is 18.9. The fraction of sp³-hybridized carbons (Fsp3) is 0.611. The summed E-state index contributed by atoms with van der Waals surface area (Å²) in [7, 11) is 4.58. The quantitative estimate of drug-likeness (QED) is 0.788. The van der Waals surface area contributed by atoms with Gasteiger partial charge in [0.15, 0.2) is 11.2 Å². The number of fused-ring (bicyclic) bond motifs is 1. The lowest BCUT2D eigenvalue weighted by Crippen LogP contribution is -2.51. The van der Waals surface area contributed by atoms with Crippen LogP contribution >= 0.6 is 0 Å². The van der Waals surface area contributed by atoms with Crippen molar-refractivity contribution in [3.05, 3.63) is 27.2 Å². The van der Waals surface area contributed by atoms with Crippen molar-refractivity contribution in [3.63, 3.8) is 0 Å². The number of amides is 1. The Kier molecular flexibility index (Phi) is 4.68. The highest BCUT2D eigenvalue weighted by Gasteiger charge is 2.40. The van der Waals surface area contributed by atoms with Crippen LogP contribution in [0.4, 0.5) is 0 Å². The standard InChI is InChI=1S/C18H24N6O3/c1-12(15(25)23(4)18(10-19)8-6-5-7-9-18)24-11-20-14-13(24)16(26)22(3)17(27)21(14)2/h11-12H,5-9H2,1-4H3. The van der Waals surface area contributed by atoms with Gasteiger partial charge < -0.3 is 9.47 Å². The van der Waals surface area contributed by atoms with Crippen molar-refractivity contribution in [2.24, 2.45) is 14.1 Å². The van der Waals surface area contributed by atoms with E-state index in [2.05, 4.69) is 11.1 Å². The molecule has 2 aromatic heterocycles. The van der Waals surface area contributed by atoms with Crippen molar-refractivity contribution in [1.82, 2.24) is 23.6 Å². The van der Waals surface area contributed by atoms with Crippen LogP contribution in [0.5, 0.6) is 0 Å². The molecular weight excluding hydrogens is 348 g/mol. The molecule has 144 valence electrons. The van der Waals surface area contributed by atoms with Crippen molar-refractivity contribution < 1.29 is 4.79 Å². The van der Waals surface area contributed by atoms with Crippen molar-refractivity contribution in [1.29, 1.82) is 5.26 Å². The maximum atomic E-state index is 13.1. The van der Waals surface area contributed by atoms with E-state index in [1.165, 1.54) is 34.5 Å². The summed E-state index contributed by atoms with van der Waals surface area (Å²) in [6, 6.07) is 1.62. The molecule has 1 unspecified atom stereocenters. The van der Waals surface area contributed by atoms with Crippen LogP contribution in [0.3, 0.4) is 0 Å². The molecule has 1 atom stereocenters. The smallest absolute Gasteiger partial charge is 0.325 e. The van der Waals surface area contributed by atoms with E-state index in [4.69, 9.17) is 0 Å². The summed E-state index contributed by atoms with van der Waals surface area (Å²) in [5, 5.41) is 9.74. The molecule has 0 aromatic carbocycles. The predicted molar refractivity (Wildman–Crippen MR) is 99.1 cm³/mol. The van der Waals surface area contributed by atoms with Crippen LogP contribution in [0.25, 0.3) is 11.2 Å². The zero-order valence-electron chi connectivity index (χ0n) is 16.1. The van der Waals surface area contributed by atoms with Gasteiger partial charge in [-0.1, -0.05) is 19.3 Å². The van der Waals surface area contributed by atoms with E-state index >= 15 is 0 Å². The summed E-state index contributed by atoms with van der Waals surface area (Å²) in [6.07, 6.45) is 5.60. The van der Waals surface area contributed by atoms with Gasteiger partial charge in [0.2, 0.25) is 5.91 Å². The fourth-order valence-corrected chi connectivity index (χ4v) is 3.93. The highest BCUT2D eigenvalue weighted by Crippen LogP contribution is 2.33. The number of nitriles is 1. The fourth-order valence-electron chi connectivity index (χ4n) is 3.93. The van der Waals surface area contributed by atoms with Crippen LogP contribution in [0.15, 0.2) is 15.9 Å². The van der Waals surface area contributed by atoms with E-state index in [1.54, 1.807) is 14.0 Å². The molecular formula is C18H24N6O3. The van der Waals surface area contributed by atoms with Crippen molar-refractivity contribution in [2.45, 2.75) is 50.6 Å². The largest absolute Gasteiger partial charge is 0.332 e. The first-order valence-electron chi connectivity index (χ1n) is 9.06. The Morgan fingerprint density at radius 3 is 2.48 bits per heavy atom. The minimum absolute atomic E-state index is 0.198.